The van der Waals surface area contributed by atoms with E-state index in [4.69, 9.17) is 9.26 Å². The first-order valence-corrected chi connectivity index (χ1v) is 9.87. The smallest absolute Gasteiger partial charge is 0.339 e. The first-order valence-electron chi connectivity index (χ1n) is 9.87. The Labute approximate surface area is 183 Å². The lowest BCUT2D eigenvalue weighted by Crippen LogP contribution is -2.35. The van der Waals surface area contributed by atoms with Gasteiger partial charge in [-0.1, -0.05) is 65.8 Å². The standard InChI is InChI=1S/C24H19N3O5/c1-15-22-18(13-19(25-23(22)32-27-15)17-10-6-3-7-11-17)24(30)31-14-21(29)26-20(28)12-16-8-4-2-5-9-16/h2-11,13H,12,14H2,1H3,(H,26,28,29). The Balaban J connectivity index is 1.47. The maximum absolute atomic E-state index is 12.8. The third kappa shape index (κ3) is 4.70. The molecule has 0 spiro atoms. The van der Waals surface area contributed by atoms with E-state index in [1.54, 1.807) is 37.3 Å². The molecule has 32 heavy (non-hydrogen) atoms. The molecule has 2 heterocycles. The van der Waals surface area contributed by atoms with E-state index < -0.39 is 24.4 Å². The van der Waals surface area contributed by atoms with E-state index in [1.807, 2.05) is 36.4 Å². The minimum atomic E-state index is -0.744. The van der Waals surface area contributed by atoms with Gasteiger partial charge >= 0.3 is 5.97 Å². The number of aromatic nitrogens is 2. The van der Waals surface area contributed by atoms with Gasteiger partial charge < -0.3 is 9.26 Å². The number of hydrogen-bond donors (Lipinski definition) is 1. The lowest BCUT2D eigenvalue weighted by Gasteiger charge is -2.08. The van der Waals surface area contributed by atoms with Crippen LogP contribution in [0.3, 0.4) is 0 Å². The van der Waals surface area contributed by atoms with E-state index >= 15 is 0 Å². The molecular formula is C24H19N3O5. The monoisotopic (exact) mass is 429 g/mol. The summed E-state index contributed by atoms with van der Waals surface area (Å²) in [5, 5.41) is 6.51. The van der Waals surface area contributed by atoms with Gasteiger partial charge in [0.1, 0.15) is 0 Å². The number of nitrogens with one attached hydrogen (secondary N) is 1. The van der Waals surface area contributed by atoms with Crippen molar-refractivity contribution in [2.75, 3.05) is 6.61 Å². The highest BCUT2D eigenvalue weighted by molar-refractivity contribution is 6.05. The van der Waals surface area contributed by atoms with E-state index in [0.717, 1.165) is 11.1 Å². The second-order valence-corrected chi connectivity index (χ2v) is 7.08. The van der Waals surface area contributed by atoms with E-state index in [0.29, 0.717) is 16.8 Å². The number of nitrogens with zero attached hydrogens (tertiary/aromatic N) is 2. The summed E-state index contributed by atoms with van der Waals surface area (Å²) in [4.78, 5) is 41.3. The summed E-state index contributed by atoms with van der Waals surface area (Å²) in [5.41, 5.74) is 2.90. The molecule has 0 bridgehead atoms. The lowest BCUT2D eigenvalue weighted by atomic mass is 10.1. The van der Waals surface area contributed by atoms with Crippen LogP contribution in [0, 0.1) is 6.92 Å². The van der Waals surface area contributed by atoms with E-state index in [1.165, 1.54) is 0 Å². The molecule has 0 aliphatic carbocycles. The predicted octanol–water partition coefficient (Wildman–Crippen LogP) is 3.24. The van der Waals surface area contributed by atoms with Gasteiger partial charge in [-0.15, -0.1) is 0 Å². The Morgan fingerprint density at radius 2 is 1.66 bits per heavy atom. The largest absolute Gasteiger partial charge is 0.452 e. The number of benzene rings is 2. The Morgan fingerprint density at radius 3 is 2.38 bits per heavy atom. The zero-order chi connectivity index (χ0) is 22.5. The maximum Gasteiger partial charge on any atom is 0.339 e. The molecule has 0 atom stereocenters. The molecule has 0 unspecified atom stereocenters. The molecule has 4 rings (SSSR count). The molecule has 4 aromatic rings. The van der Waals surface area contributed by atoms with Crippen molar-refractivity contribution < 1.29 is 23.6 Å². The molecule has 1 N–H and O–H groups in total. The number of aryl methyl sites for hydroxylation is 1. The Morgan fingerprint density at radius 1 is 0.969 bits per heavy atom. The molecule has 2 aromatic carbocycles. The molecule has 8 nitrogen and oxygen atoms in total. The third-order valence-corrected chi connectivity index (χ3v) is 4.73. The summed E-state index contributed by atoms with van der Waals surface area (Å²) in [6, 6.07) is 19.8. The van der Waals surface area contributed by atoms with Crippen LogP contribution in [0.25, 0.3) is 22.4 Å². The first kappa shape index (κ1) is 20.9. The van der Waals surface area contributed by atoms with Crippen molar-refractivity contribution in [3.05, 3.63) is 83.6 Å². The van der Waals surface area contributed by atoms with Crippen molar-refractivity contribution in [1.29, 1.82) is 0 Å². The molecule has 0 aliphatic rings. The van der Waals surface area contributed by atoms with Crippen LogP contribution in [0.15, 0.2) is 71.3 Å². The highest BCUT2D eigenvalue weighted by Gasteiger charge is 2.21. The van der Waals surface area contributed by atoms with Gasteiger partial charge in [0, 0.05) is 5.56 Å². The number of carbonyl (C=O) groups is 3. The molecule has 0 aliphatic heterocycles. The third-order valence-electron chi connectivity index (χ3n) is 4.73. The van der Waals surface area contributed by atoms with Crippen molar-refractivity contribution in [3.63, 3.8) is 0 Å². The highest BCUT2D eigenvalue weighted by atomic mass is 16.5. The number of fused-ring (bicyclic) bond motifs is 1. The van der Waals surface area contributed by atoms with E-state index in [9.17, 15) is 14.4 Å². The summed E-state index contributed by atoms with van der Waals surface area (Å²) >= 11 is 0. The summed E-state index contributed by atoms with van der Waals surface area (Å²) in [6.45, 7) is 1.08. The second kappa shape index (κ2) is 9.22. The van der Waals surface area contributed by atoms with Crippen LogP contribution in [-0.2, 0) is 20.7 Å². The Bertz CT molecular complexity index is 1280. The van der Waals surface area contributed by atoms with Gasteiger partial charge in [0.05, 0.1) is 28.8 Å². The van der Waals surface area contributed by atoms with Gasteiger partial charge in [0.25, 0.3) is 11.6 Å². The van der Waals surface area contributed by atoms with Crippen LogP contribution < -0.4 is 5.32 Å². The first-order chi connectivity index (χ1) is 15.5. The molecular weight excluding hydrogens is 410 g/mol. The van der Waals surface area contributed by atoms with Gasteiger partial charge in [-0.25, -0.2) is 9.78 Å². The van der Waals surface area contributed by atoms with Gasteiger partial charge in [-0.05, 0) is 18.6 Å². The molecule has 160 valence electrons. The number of rotatable bonds is 6. The van der Waals surface area contributed by atoms with Crippen LogP contribution in [0.5, 0.6) is 0 Å². The molecule has 0 saturated heterocycles. The molecule has 0 saturated carbocycles. The summed E-state index contributed by atoms with van der Waals surface area (Å²) in [7, 11) is 0. The van der Waals surface area contributed by atoms with Crippen LogP contribution in [-0.4, -0.2) is 34.5 Å². The zero-order valence-electron chi connectivity index (χ0n) is 17.2. The fourth-order valence-electron chi connectivity index (χ4n) is 3.24. The average Bonchev–Trinajstić information content (AvgIpc) is 3.18. The van der Waals surface area contributed by atoms with Crippen molar-refractivity contribution in [2.45, 2.75) is 13.3 Å². The van der Waals surface area contributed by atoms with Gasteiger partial charge in [0.15, 0.2) is 6.61 Å². The van der Waals surface area contributed by atoms with Crippen LogP contribution in [0.4, 0.5) is 0 Å². The van der Waals surface area contributed by atoms with Gasteiger partial charge in [-0.2, -0.15) is 0 Å². The number of pyridine rings is 1. The second-order valence-electron chi connectivity index (χ2n) is 7.08. The van der Waals surface area contributed by atoms with Crippen molar-refractivity contribution in [2.24, 2.45) is 0 Å². The average molecular weight is 429 g/mol. The van der Waals surface area contributed by atoms with Crippen molar-refractivity contribution in [1.82, 2.24) is 15.5 Å². The molecule has 0 radical (unpaired) electrons. The molecule has 2 amide bonds. The number of hydrogen-bond acceptors (Lipinski definition) is 7. The quantitative estimate of drug-likeness (QED) is 0.468. The van der Waals surface area contributed by atoms with Crippen LogP contribution in [0.1, 0.15) is 21.6 Å². The normalized spacial score (nSPS) is 10.7. The number of esters is 1. The van der Waals surface area contributed by atoms with Crippen LogP contribution in [0.2, 0.25) is 0 Å². The van der Waals surface area contributed by atoms with Crippen molar-refractivity contribution in [3.8, 4) is 11.3 Å². The maximum atomic E-state index is 12.8. The molecule has 8 heteroatoms. The SMILES string of the molecule is Cc1noc2nc(-c3ccccc3)cc(C(=O)OCC(=O)NC(=O)Cc3ccccc3)c12. The Hall–Kier alpha value is -4.33. The highest BCUT2D eigenvalue weighted by Crippen LogP contribution is 2.27. The van der Waals surface area contributed by atoms with Crippen molar-refractivity contribution >= 4 is 28.9 Å². The summed E-state index contributed by atoms with van der Waals surface area (Å²) in [5.74, 6) is -1.94. The van der Waals surface area contributed by atoms with E-state index in [-0.39, 0.29) is 17.7 Å². The fourth-order valence-corrected chi connectivity index (χ4v) is 3.24. The van der Waals surface area contributed by atoms with Crippen LogP contribution >= 0.6 is 0 Å². The minimum Gasteiger partial charge on any atom is -0.452 e. The molecule has 0 fully saturated rings. The van der Waals surface area contributed by atoms with Gasteiger partial charge in [0.2, 0.25) is 5.91 Å². The van der Waals surface area contributed by atoms with E-state index in [2.05, 4.69) is 15.5 Å². The summed E-state index contributed by atoms with van der Waals surface area (Å²) in [6.07, 6.45) is 0.0474. The predicted molar refractivity (Wildman–Crippen MR) is 116 cm³/mol. The zero-order valence-corrected chi connectivity index (χ0v) is 17.2. The van der Waals surface area contributed by atoms with Gasteiger partial charge in [-0.3, -0.25) is 14.9 Å². The number of carbonyl (C=O) groups excluding carboxylic acids is 3. The lowest BCUT2D eigenvalue weighted by molar-refractivity contribution is -0.132. The number of amides is 2. The number of imide groups is 1. The topological polar surface area (TPSA) is 111 Å². The molecule has 2 aromatic heterocycles. The minimum absolute atomic E-state index is 0.0474. The number of ether oxygens (including phenoxy) is 1. The Kier molecular flexibility index (Phi) is 6.03. The fraction of sp³-hybridized carbons (Fsp3) is 0.125. The summed E-state index contributed by atoms with van der Waals surface area (Å²) < 4.78 is 10.4.